The van der Waals surface area contributed by atoms with Gasteiger partial charge in [-0.05, 0) is 36.5 Å². The van der Waals surface area contributed by atoms with Gasteiger partial charge in [0.25, 0.3) is 0 Å². The van der Waals surface area contributed by atoms with Crippen LogP contribution < -0.4 is 9.47 Å². The molecule has 2 saturated heterocycles. The SMILES string of the molecule is CCC1CCC23OC(=N)C(C#N)(C2C1)C(C#N)(C#N)C(c1ccc2c(c1)OCO2)O3. The average Bonchev–Trinajstić information content (AvgIpc) is 3.32. The lowest BCUT2D eigenvalue weighted by Crippen LogP contribution is -2.61. The van der Waals surface area contributed by atoms with Gasteiger partial charge in [0.1, 0.15) is 6.10 Å². The van der Waals surface area contributed by atoms with Crippen LogP contribution in [0, 0.1) is 62.1 Å². The number of fused-ring (bicyclic) bond motifs is 1. The number of benzene rings is 1. The molecule has 1 aromatic carbocycles. The molecule has 3 fully saturated rings. The van der Waals surface area contributed by atoms with E-state index >= 15 is 0 Å². The third kappa shape index (κ3) is 1.98. The number of hydrogen-bond acceptors (Lipinski definition) is 8. The first-order chi connectivity index (χ1) is 14.5. The van der Waals surface area contributed by atoms with Crippen molar-refractivity contribution in [3.05, 3.63) is 23.8 Å². The molecular weight excluding hydrogens is 384 g/mol. The Hall–Kier alpha value is -3.28. The van der Waals surface area contributed by atoms with Crippen molar-refractivity contribution < 1.29 is 18.9 Å². The Morgan fingerprint density at radius 1 is 1.13 bits per heavy atom. The monoisotopic (exact) mass is 404 g/mol. The van der Waals surface area contributed by atoms with Gasteiger partial charge in [0.15, 0.2) is 16.9 Å². The molecule has 1 N–H and O–H groups in total. The van der Waals surface area contributed by atoms with E-state index < -0.39 is 28.6 Å². The maximum atomic E-state index is 10.4. The summed E-state index contributed by atoms with van der Waals surface area (Å²) in [7, 11) is 0. The van der Waals surface area contributed by atoms with Crippen molar-refractivity contribution >= 4 is 5.90 Å². The quantitative estimate of drug-likeness (QED) is 0.797. The normalized spacial score (nSPS) is 37.3. The van der Waals surface area contributed by atoms with Gasteiger partial charge in [-0.15, -0.1) is 0 Å². The summed E-state index contributed by atoms with van der Waals surface area (Å²) in [6.45, 7) is 2.17. The van der Waals surface area contributed by atoms with E-state index in [0.29, 0.717) is 35.8 Å². The number of ether oxygens (including phenoxy) is 4. The molecular formula is C22H20N4O4. The molecule has 5 unspecified atom stereocenters. The second kappa shape index (κ2) is 6.11. The van der Waals surface area contributed by atoms with E-state index in [1.807, 2.05) is 0 Å². The molecule has 0 spiro atoms. The number of nitriles is 3. The highest BCUT2D eigenvalue weighted by Crippen LogP contribution is 2.70. The van der Waals surface area contributed by atoms with E-state index in [4.69, 9.17) is 24.4 Å². The summed E-state index contributed by atoms with van der Waals surface area (Å²) in [5.74, 6) is -0.688. The first-order valence-corrected chi connectivity index (χ1v) is 10.1. The molecule has 5 rings (SSSR count). The van der Waals surface area contributed by atoms with E-state index in [2.05, 4.69) is 25.1 Å². The van der Waals surface area contributed by atoms with Gasteiger partial charge >= 0.3 is 0 Å². The zero-order valence-electron chi connectivity index (χ0n) is 16.5. The van der Waals surface area contributed by atoms with Crippen LogP contribution in [-0.2, 0) is 9.47 Å². The minimum absolute atomic E-state index is 0.0895. The van der Waals surface area contributed by atoms with Gasteiger partial charge in [0.2, 0.25) is 23.9 Å². The molecule has 3 heterocycles. The van der Waals surface area contributed by atoms with Crippen molar-refractivity contribution in [2.24, 2.45) is 22.7 Å². The fraction of sp³-hybridized carbons (Fsp3) is 0.545. The van der Waals surface area contributed by atoms with Crippen LogP contribution in [0.3, 0.4) is 0 Å². The zero-order chi connectivity index (χ0) is 21.1. The van der Waals surface area contributed by atoms with Gasteiger partial charge in [-0.1, -0.05) is 19.4 Å². The number of nitrogens with one attached hydrogen (secondary N) is 1. The third-order valence-electron chi connectivity index (χ3n) is 7.30. The molecule has 4 aliphatic rings. The smallest absolute Gasteiger partial charge is 0.231 e. The van der Waals surface area contributed by atoms with E-state index in [9.17, 15) is 15.8 Å². The van der Waals surface area contributed by atoms with Crippen LogP contribution in [0.2, 0.25) is 0 Å². The summed E-state index contributed by atoms with van der Waals surface area (Å²) in [5, 5.41) is 39.6. The van der Waals surface area contributed by atoms with Crippen LogP contribution in [0.5, 0.6) is 11.5 Å². The summed E-state index contributed by atoms with van der Waals surface area (Å²) < 4.78 is 23.2. The van der Waals surface area contributed by atoms with Gasteiger partial charge < -0.3 is 18.9 Å². The average molecular weight is 404 g/mol. The molecule has 3 aliphatic heterocycles. The number of hydrogen-bond donors (Lipinski definition) is 1. The Labute approximate surface area is 174 Å². The second-order valence-corrected chi connectivity index (χ2v) is 8.41. The molecule has 0 aromatic heterocycles. The van der Waals surface area contributed by atoms with Crippen LogP contribution in [0.4, 0.5) is 0 Å². The predicted molar refractivity (Wildman–Crippen MR) is 101 cm³/mol. The first-order valence-electron chi connectivity index (χ1n) is 10.1. The molecule has 1 aromatic rings. The van der Waals surface area contributed by atoms with Crippen molar-refractivity contribution in [3.8, 4) is 29.7 Å². The Morgan fingerprint density at radius 3 is 2.60 bits per heavy atom. The number of rotatable bonds is 2. The van der Waals surface area contributed by atoms with Crippen LogP contribution in [0.25, 0.3) is 0 Å². The van der Waals surface area contributed by atoms with Gasteiger partial charge in [0, 0.05) is 6.42 Å². The third-order valence-corrected chi connectivity index (χ3v) is 7.30. The molecule has 1 saturated carbocycles. The molecule has 1 aliphatic carbocycles. The number of nitrogens with zero attached hydrogens (tertiary/aromatic N) is 3. The van der Waals surface area contributed by atoms with Crippen molar-refractivity contribution in [2.45, 2.75) is 44.5 Å². The summed E-state index contributed by atoms with van der Waals surface area (Å²) in [4.78, 5) is 0. The second-order valence-electron chi connectivity index (χ2n) is 8.41. The van der Waals surface area contributed by atoms with Crippen molar-refractivity contribution in [3.63, 3.8) is 0 Å². The molecule has 2 bridgehead atoms. The zero-order valence-corrected chi connectivity index (χ0v) is 16.5. The highest BCUT2D eigenvalue weighted by atomic mass is 16.7. The lowest BCUT2D eigenvalue weighted by Gasteiger charge is -2.52. The topological polar surface area (TPSA) is 132 Å². The fourth-order valence-electron chi connectivity index (χ4n) is 5.66. The van der Waals surface area contributed by atoms with Crippen LogP contribution in [0.15, 0.2) is 18.2 Å². The Kier molecular flexibility index (Phi) is 3.81. The van der Waals surface area contributed by atoms with E-state index in [0.717, 1.165) is 12.8 Å². The largest absolute Gasteiger partial charge is 0.454 e. The van der Waals surface area contributed by atoms with Crippen molar-refractivity contribution in [1.29, 1.82) is 21.2 Å². The minimum atomic E-state index is -1.94. The van der Waals surface area contributed by atoms with Gasteiger partial charge in [-0.25, -0.2) is 0 Å². The van der Waals surface area contributed by atoms with Crippen LogP contribution in [-0.4, -0.2) is 18.5 Å². The van der Waals surface area contributed by atoms with Crippen molar-refractivity contribution in [2.75, 3.05) is 6.79 Å². The Bertz CT molecular complexity index is 1050. The maximum absolute atomic E-state index is 10.4. The first kappa shape index (κ1) is 18.7. The molecule has 30 heavy (non-hydrogen) atoms. The van der Waals surface area contributed by atoms with E-state index in [1.54, 1.807) is 18.2 Å². The molecule has 5 atom stereocenters. The van der Waals surface area contributed by atoms with Crippen LogP contribution >= 0.6 is 0 Å². The fourth-order valence-corrected chi connectivity index (χ4v) is 5.66. The molecule has 0 amide bonds. The van der Waals surface area contributed by atoms with Gasteiger partial charge in [0.05, 0.1) is 24.1 Å². The summed E-state index contributed by atoms with van der Waals surface area (Å²) in [6.07, 6.45) is 1.77. The molecule has 0 radical (unpaired) electrons. The highest BCUT2D eigenvalue weighted by Gasteiger charge is 2.80. The summed E-state index contributed by atoms with van der Waals surface area (Å²) in [5.41, 5.74) is -3.12. The Balaban J connectivity index is 1.72. The Morgan fingerprint density at radius 2 is 1.90 bits per heavy atom. The van der Waals surface area contributed by atoms with Crippen molar-refractivity contribution in [1.82, 2.24) is 0 Å². The molecule has 8 heteroatoms. The highest BCUT2D eigenvalue weighted by molar-refractivity contribution is 5.89. The van der Waals surface area contributed by atoms with E-state index in [1.165, 1.54) is 0 Å². The standard InChI is InChI=1S/C22H20N4O4/c1-2-13-5-6-22-17(7-13)21(11-25,19(26)30-22)20(9-23,10-24)18(29-22)14-3-4-15-16(8-14)28-12-27-15/h3-4,8,13,17-18,26H,2,5-7,12H2,1H3. The predicted octanol–water partition coefficient (Wildman–Crippen LogP) is 3.56. The van der Waals surface area contributed by atoms with Gasteiger partial charge in [-0.2, -0.15) is 15.8 Å². The molecule has 152 valence electrons. The minimum Gasteiger partial charge on any atom is -0.454 e. The maximum Gasteiger partial charge on any atom is 0.231 e. The van der Waals surface area contributed by atoms with E-state index in [-0.39, 0.29) is 12.7 Å². The van der Waals surface area contributed by atoms with Crippen LogP contribution in [0.1, 0.15) is 44.3 Å². The lowest BCUT2D eigenvalue weighted by molar-refractivity contribution is -0.299. The summed E-state index contributed by atoms with van der Waals surface area (Å²) >= 11 is 0. The lowest BCUT2D eigenvalue weighted by atomic mass is 9.50. The van der Waals surface area contributed by atoms with Gasteiger partial charge in [-0.3, -0.25) is 5.41 Å². The summed E-state index contributed by atoms with van der Waals surface area (Å²) in [6, 6.07) is 11.5. The molecule has 8 nitrogen and oxygen atoms in total.